The van der Waals surface area contributed by atoms with Gasteiger partial charge in [0, 0.05) is 68.8 Å². The fourth-order valence-electron chi connectivity index (χ4n) is 4.10. The third-order valence-electron chi connectivity index (χ3n) is 6.09. The predicted molar refractivity (Wildman–Crippen MR) is 131 cm³/mol. The molecule has 1 fully saturated rings. The van der Waals surface area contributed by atoms with Crippen LogP contribution in [0.5, 0.6) is 0 Å². The maximum Gasteiger partial charge on any atom is 0.257 e. The molecule has 0 spiro atoms. The Balaban J connectivity index is 1.32. The van der Waals surface area contributed by atoms with Crippen LogP contribution in [0, 0.1) is 0 Å². The van der Waals surface area contributed by atoms with Crippen molar-refractivity contribution in [3.8, 4) is 11.4 Å². The molecule has 4 aromatic rings. The maximum atomic E-state index is 13.0. The second kappa shape index (κ2) is 9.14. The molecule has 0 saturated carbocycles. The molecule has 0 unspecified atom stereocenters. The topological polar surface area (TPSA) is 105 Å². The number of pyridine rings is 3. The van der Waals surface area contributed by atoms with E-state index in [2.05, 4.69) is 54.2 Å². The van der Waals surface area contributed by atoms with E-state index >= 15 is 0 Å². The van der Waals surface area contributed by atoms with Crippen molar-refractivity contribution in [2.75, 3.05) is 36.4 Å². The highest BCUT2D eigenvalue weighted by atomic mass is 16.1. The van der Waals surface area contributed by atoms with Crippen molar-refractivity contribution in [1.82, 2.24) is 34.8 Å². The van der Waals surface area contributed by atoms with Crippen molar-refractivity contribution in [2.45, 2.75) is 19.9 Å². The van der Waals surface area contributed by atoms with Gasteiger partial charge in [0.05, 0.1) is 11.9 Å². The summed E-state index contributed by atoms with van der Waals surface area (Å²) < 4.78 is 1.63. The number of anilines is 2. The van der Waals surface area contributed by atoms with Gasteiger partial charge in [-0.25, -0.2) is 9.97 Å². The normalized spacial score (nSPS) is 14.6. The van der Waals surface area contributed by atoms with E-state index in [1.54, 1.807) is 29.3 Å². The Hall–Kier alpha value is -3.92. The minimum Gasteiger partial charge on any atom is -0.354 e. The fraction of sp³-hybridized carbons (Fsp3) is 0.333. The molecule has 1 N–H and O–H groups in total. The van der Waals surface area contributed by atoms with Gasteiger partial charge in [-0.05, 0) is 43.5 Å². The number of nitrogens with zero attached hydrogens (tertiary/aromatic N) is 8. The van der Waals surface area contributed by atoms with Crippen LogP contribution in [0.4, 0.5) is 11.6 Å². The molecule has 5 heterocycles. The lowest BCUT2D eigenvalue weighted by Gasteiger charge is -2.37. The summed E-state index contributed by atoms with van der Waals surface area (Å²) in [5.74, 6) is 1.07. The second-order valence-corrected chi connectivity index (χ2v) is 8.74. The Morgan fingerprint density at radius 1 is 0.971 bits per heavy atom. The first kappa shape index (κ1) is 21.9. The monoisotopic (exact) mass is 457 g/mol. The zero-order valence-electron chi connectivity index (χ0n) is 19.5. The van der Waals surface area contributed by atoms with Crippen molar-refractivity contribution in [3.05, 3.63) is 54.6 Å². The third-order valence-corrected chi connectivity index (χ3v) is 6.09. The smallest absolute Gasteiger partial charge is 0.257 e. The molecular formula is C24H27N9O. The van der Waals surface area contributed by atoms with Gasteiger partial charge in [0.2, 0.25) is 0 Å². The summed E-state index contributed by atoms with van der Waals surface area (Å²) in [5.41, 5.74) is 1.94. The third kappa shape index (κ3) is 4.58. The molecule has 10 nitrogen and oxygen atoms in total. The number of nitrogens with one attached hydrogen (secondary N) is 1. The van der Waals surface area contributed by atoms with Crippen LogP contribution in [0.2, 0.25) is 0 Å². The molecule has 34 heavy (non-hydrogen) atoms. The summed E-state index contributed by atoms with van der Waals surface area (Å²) in [4.78, 5) is 31.0. The number of amides is 1. The summed E-state index contributed by atoms with van der Waals surface area (Å²) >= 11 is 0. The lowest BCUT2D eigenvalue weighted by atomic mass is 10.1. The number of hydrogen-bond acceptors (Lipinski definition) is 8. The molecule has 4 aromatic heterocycles. The number of carbonyl (C=O) groups excluding carboxylic acids is 1. The van der Waals surface area contributed by atoms with Crippen LogP contribution in [-0.2, 0) is 7.05 Å². The first-order valence-electron chi connectivity index (χ1n) is 11.4. The fourth-order valence-corrected chi connectivity index (χ4v) is 4.10. The lowest BCUT2D eigenvalue weighted by molar-refractivity contribution is 0.102. The van der Waals surface area contributed by atoms with Gasteiger partial charge in [-0.15, -0.1) is 5.10 Å². The minimum atomic E-state index is -0.223. The molecule has 0 aliphatic carbocycles. The molecule has 0 radical (unpaired) electrons. The number of piperazine rings is 1. The van der Waals surface area contributed by atoms with Crippen LogP contribution in [0.25, 0.3) is 22.2 Å². The minimum absolute atomic E-state index is 0.223. The van der Waals surface area contributed by atoms with Gasteiger partial charge in [-0.3, -0.25) is 19.4 Å². The average Bonchev–Trinajstić information content (AvgIpc) is 3.30. The molecule has 0 aromatic carbocycles. The number of rotatable bonds is 5. The SMILES string of the molecule is CC(C)N1CCN(c2cc(C(=O)Nc3cc4cc(-c5cn(C)nn5)ncc4cn3)ccn2)CC1. The average molecular weight is 458 g/mol. The van der Waals surface area contributed by atoms with E-state index in [0.717, 1.165) is 42.8 Å². The van der Waals surface area contributed by atoms with Crippen molar-refractivity contribution >= 4 is 28.3 Å². The second-order valence-electron chi connectivity index (χ2n) is 8.74. The van der Waals surface area contributed by atoms with E-state index in [0.29, 0.717) is 28.8 Å². The molecule has 1 aliphatic rings. The van der Waals surface area contributed by atoms with E-state index in [4.69, 9.17) is 0 Å². The van der Waals surface area contributed by atoms with E-state index < -0.39 is 0 Å². The van der Waals surface area contributed by atoms with Gasteiger partial charge in [-0.2, -0.15) is 0 Å². The number of aryl methyl sites for hydroxylation is 1. The van der Waals surface area contributed by atoms with Crippen molar-refractivity contribution in [3.63, 3.8) is 0 Å². The van der Waals surface area contributed by atoms with Crippen LogP contribution in [-0.4, -0.2) is 73.0 Å². The summed E-state index contributed by atoms with van der Waals surface area (Å²) in [6.45, 7) is 8.19. The molecule has 1 aliphatic heterocycles. The van der Waals surface area contributed by atoms with Crippen molar-refractivity contribution in [2.24, 2.45) is 7.05 Å². The summed E-state index contributed by atoms with van der Waals surface area (Å²) in [6, 6.07) is 7.85. The van der Waals surface area contributed by atoms with E-state index in [-0.39, 0.29) is 5.91 Å². The molecule has 5 rings (SSSR count). The summed E-state index contributed by atoms with van der Waals surface area (Å²) in [6.07, 6.45) is 6.93. The molecule has 1 saturated heterocycles. The van der Waals surface area contributed by atoms with E-state index in [1.807, 2.05) is 31.4 Å². The Labute approximate surface area is 197 Å². The van der Waals surface area contributed by atoms with Crippen LogP contribution < -0.4 is 10.2 Å². The van der Waals surface area contributed by atoms with Crippen molar-refractivity contribution in [1.29, 1.82) is 0 Å². The highest BCUT2D eigenvalue weighted by molar-refractivity contribution is 6.05. The van der Waals surface area contributed by atoms with Crippen LogP contribution >= 0.6 is 0 Å². The first-order chi connectivity index (χ1) is 16.5. The van der Waals surface area contributed by atoms with Gasteiger partial charge in [0.15, 0.2) is 0 Å². The number of aromatic nitrogens is 6. The van der Waals surface area contributed by atoms with Crippen LogP contribution in [0.3, 0.4) is 0 Å². The van der Waals surface area contributed by atoms with Gasteiger partial charge in [-0.1, -0.05) is 5.21 Å². The van der Waals surface area contributed by atoms with Gasteiger partial charge >= 0.3 is 0 Å². The van der Waals surface area contributed by atoms with Gasteiger partial charge < -0.3 is 10.2 Å². The van der Waals surface area contributed by atoms with E-state index in [9.17, 15) is 4.79 Å². The Morgan fingerprint density at radius 3 is 2.50 bits per heavy atom. The van der Waals surface area contributed by atoms with Crippen molar-refractivity contribution < 1.29 is 4.79 Å². The molecule has 10 heteroatoms. The highest BCUT2D eigenvalue weighted by Crippen LogP contribution is 2.22. The van der Waals surface area contributed by atoms with Crippen LogP contribution in [0.15, 0.2) is 49.1 Å². The van der Waals surface area contributed by atoms with Gasteiger partial charge in [0.25, 0.3) is 5.91 Å². The Bertz CT molecular complexity index is 1330. The lowest BCUT2D eigenvalue weighted by Crippen LogP contribution is -2.49. The quantitative estimate of drug-likeness (QED) is 0.488. The standard InChI is InChI=1S/C24H27N9O/c1-16(2)32-6-8-33(9-7-32)23-12-17(4-5-25-23)24(34)28-22-11-18-10-20(21-15-31(3)30-29-21)26-13-19(18)14-27-22/h4-5,10-16H,6-9H2,1-3H3,(H,27,28,34). The summed E-state index contributed by atoms with van der Waals surface area (Å²) in [5, 5.41) is 12.8. The molecular weight excluding hydrogens is 430 g/mol. The number of fused-ring (bicyclic) bond motifs is 1. The van der Waals surface area contributed by atoms with Crippen LogP contribution in [0.1, 0.15) is 24.2 Å². The Kier molecular flexibility index (Phi) is 5.89. The zero-order chi connectivity index (χ0) is 23.7. The Morgan fingerprint density at radius 2 is 1.76 bits per heavy atom. The van der Waals surface area contributed by atoms with Gasteiger partial charge in [0.1, 0.15) is 17.3 Å². The molecule has 0 bridgehead atoms. The molecule has 0 atom stereocenters. The van der Waals surface area contributed by atoms with E-state index in [1.165, 1.54) is 0 Å². The molecule has 1 amide bonds. The largest absolute Gasteiger partial charge is 0.354 e. The predicted octanol–water partition coefficient (Wildman–Crippen LogP) is 2.60. The molecule has 174 valence electrons. The first-order valence-corrected chi connectivity index (χ1v) is 11.4. The maximum absolute atomic E-state index is 13.0. The summed E-state index contributed by atoms with van der Waals surface area (Å²) in [7, 11) is 1.81. The zero-order valence-corrected chi connectivity index (χ0v) is 19.5. The number of hydrogen-bond donors (Lipinski definition) is 1. The number of carbonyl (C=O) groups is 1. The highest BCUT2D eigenvalue weighted by Gasteiger charge is 2.20.